The second kappa shape index (κ2) is 13.6. The number of aryl methyl sites for hydroxylation is 1. The maximum Gasteiger partial charge on any atom is 0.296 e. The molecule has 0 heterocycles. The quantitative estimate of drug-likeness (QED) is 0.0693. The number of hydrogen-bond donors (Lipinski definition) is 5. The van der Waals surface area contributed by atoms with E-state index in [4.69, 9.17) is 9.29 Å². The summed E-state index contributed by atoms with van der Waals surface area (Å²) in [6, 6.07) is 23.2. The predicted octanol–water partition coefficient (Wildman–Crippen LogP) is 7.29. The van der Waals surface area contributed by atoms with Crippen LogP contribution in [0.2, 0.25) is 0 Å². The van der Waals surface area contributed by atoms with Crippen molar-refractivity contribution in [2.24, 2.45) is 20.5 Å². The number of nitrogens with zero attached hydrogens (tertiary/aromatic N) is 4. The summed E-state index contributed by atoms with van der Waals surface area (Å²) in [6.45, 7) is 1.18. The zero-order chi connectivity index (χ0) is 33.8. The maximum absolute atomic E-state index is 12.4. The van der Waals surface area contributed by atoms with Crippen LogP contribution in [0.15, 0.2) is 121 Å². The number of phenolic OH excluding ortho intramolecular Hbond substituents is 1. The van der Waals surface area contributed by atoms with Crippen molar-refractivity contribution >= 4 is 65.1 Å². The molecular weight excluding hydrogens is 651 g/mol. The summed E-state index contributed by atoms with van der Waals surface area (Å²) in [5, 5.41) is 40.5. The minimum Gasteiger partial charge on any atom is -0.505 e. The van der Waals surface area contributed by atoms with E-state index >= 15 is 0 Å². The van der Waals surface area contributed by atoms with Crippen LogP contribution in [0.4, 0.5) is 34.1 Å². The summed E-state index contributed by atoms with van der Waals surface area (Å²) >= 11 is 0. The van der Waals surface area contributed by atoms with Gasteiger partial charge in [0.25, 0.3) is 20.2 Å². The first kappa shape index (κ1) is 33.1. The number of ether oxygens (including phenoxy) is 1. The van der Waals surface area contributed by atoms with E-state index < -0.39 is 36.6 Å². The number of anilines is 2. The Kier molecular flexibility index (Phi) is 9.59. The normalized spacial score (nSPS) is 12.3. The first-order valence-corrected chi connectivity index (χ1v) is 16.6. The van der Waals surface area contributed by atoms with Gasteiger partial charge in [-0.2, -0.15) is 27.1 Å². The van der Waals surface area contributed by atoms with Crippen LogP contribution in [-0.2, 0) is 20.2 Å². The molecule has 0 radical (unpaired) electrons. The Morgan fingerprint density at radius 2 is 1.45 bits per heavy atom. The molecule has 16 heteroatoms. The van der Waals surface area contributed by atoms with Crippen LogP contribution < -0.4 is 10.1 Å². The van der Waals surface area contributed by atoms with E-state index in [0.29, 0.717) is 22.3 Å². The lowest BCUT2D eigenvalue weighted by Gasteiger charge is -2.12. The predicted molar refractivity (Wildman–Crippen MR) is 174 cm³/mol. The molecule has 0 saturated carbocycles. The fraction of sp³-hybridized carbons (Fsp3) is 0.0968. The molecule has 5 N–H and O–H groups in total. The van der Waals surface area contributed by atoms with Gasteiger partial charge in [0.1, 0.15) is 28.6 Å². The fourth-order valence-corrected chi connectivity index (χ4v) is 5.57. The molecule has 0 saturated heterocycles. The van der Waals surface area contributed by atoms with Crippen LogP contribution in [0.5, 0.6) is 11.5 Å². The van der Waals surface area contributed by atoms with Gasteiger partial charge < -0.3 is 20.3 Å². The number of aromatic hydroxyl groups is 1. The smallest absolute Gasteiger partial charge is 0.296 e. The van der Waals surface area contributed by atoms with Gasteiger partial charge in [0.05, 0.1) is 22.9 Å². The molecule has 0 aromatic heterocycles. The van der Waals surface area contributed by atoms with Gasteiger partial charge in [0, 0.05) is 22.8 Å². The van der Waals surface area contributed by atoms with Gasteiger partial charge in [-0.25, -0.2) is 0 Å². The van der Waals surface area contributed by atoms with Gasteiger partial charge >= 0.3 is 0 Å². The summed E-state index contributed by atoms with van der Waals surface area (Å²) in [5.74, 6) is -0.459. The topological polar surface area (TPSA) is 220 Å². The van der Waals surface area contributed by atoms with Crippen LogP contribution in [0.3, 0.4) is 0 Å². The van der Waals surface area contributed by atoms with Gasteiger partial charge in [-0.3, -0.25) is 9.11 Å². The highest BCUT2D eigenvalue weighted by atomic mass is 32.2. The van der Waals surface area contributed by atoms with Gasteiger partial charge in [0.15, 0.2) is 5.75 Å². The number of nitrogens with one attached hydrogen (secondary N) is 1. The van der Waals surface area contributed by atoms with Crippen molar-refractivity contribution in [3.8, 4) is 11.5 Å². The van der Waals surface area contributed by atoms with Crippen LogP contribution >= 0.6 is 0 Å². The molecule has 0 amide bonds. The third kappa shape index (κ3) is 7.94. The summed E-state index contributed by atoms with van der Waals surface area (Å²) in [6.07, 6.45) is 0. The molecular formula is C31H27N5O9S2. The first-order valence-electron chi connectivity index (χ1n) is 13.7. The Labute approximate surface area is 269 Å². The molecule has 5 aromatic carbocycles. The second-order valence-electron chi connectivity index (χ2n) is 10.0. The lowest BCUT2D eigenvalue weighted by Crippen LogP contribution is -2.02. The molecule has 242 valence electrons. The summed E-state index contributed by atoms with van der Waals surface area (Å²) < 4.78 is 72.2. The molecule has 5 aromatic rings. The zero-order valence-corrected chi connectivity index (χ0v) is 26.1. The number of aliphatic hydroxyl groups is 1. The number of para-hydroxylation sites is 1. The molecule has 0 aliphatic carbocycles. The Morgan fingerprint density at radius 1 is 0.745 bits per heavy atom. The van der Waals surface area contributed by atoms with E-state index in [-0.39, 0.29) is 40.6 Å². The molecule has 0 aliphatic heterocycles. The highest BCUT2D eigenvalue weighted by Gasteiger charge is 2.22. The van der Waals surface area contributed by atoms with Crippen molar-refractivity contribution in [2.75, 3.05) is 18.5 Å². The molecule has 0 bridgehead atoms. The summed E-state index contributed by atoms with van der Waals surface area (Å²) in [4.78, 5) is -0.982. The molecule has 14 nitrogen and oxygen atoms in total. The van der Waals surface area contributed by atoms with E-state index in [1.165, 1.54) is 42.5 Å². The first-order chi connectivity index (χ1) is 22.3. The number of azo groups is 2. The monoisotopic (exact) mass is 677 g/mol. The minimum absolute atomic E-state index is 0.0781. The number of benzene rings is 5. The van der Waals surface area contributed by atoms with Crippen molar-refractivity contribution in [2.45, 2.75) is 16.7 Å². The fourth-order valence-electron chi connectivity index (χ4n) is 4.43. The number of hydrogen-bond acceptors (Lipinski definition) is 12. The van der Waals surface area contributed by atoms with Crippen molar-refractivity contribution in [3.63, 3.8) is 0 Å². The number of rotatable bonds is 11. The minimum atomic E-state index is -4.88. The van der Waals surface area contributed by atoms with Gasteiger partial charge in [0.2, 0.25) is 0 Å². The third-order valence-electron chi connectivity index (χ3n) is 6.68. The average Bonchev–Trinajstić information content (AvgIpc) is 3.03. The van der Waals surface area contributed by atoms with E-state index in [1.54, 1.807) is 25.1 Å². The van der Waals surface area contributed by atoms with Crippen LogP contribution in [0.25, 0.3) is 10.8 Å². The van der Waals surface area contributed by atoms with E-state index in [9.17, 15) is 31.6 Å². The van der Waals surface area contributed by atoms with Crippen LogP contribution in [0.1, 0.15) is 5.56 Å². The van der Waals surface area contributed by atoms with Gasteiger partial charge in [-0.15, -0.1) is 10.2 Å². The van der Waals surface area contributed by atoms with E-state index in [0.717, 1.165) is 5.69 Å². The molecule has 0 fully saturated rings. The zero-order valence-electron chi connectivity index (χ0n) is 24.5. The van der Waals surface area contributed by atoms with Crippen LogP contribution in [-0.4, -0.2) is 49.4 Å². The molecule has 0 spiro atoms. The Balaban J connectivity index is 1.51. The molecule has 0 unspecified atom stereocenters. The lowest BCUT2D eigenvalue weighted by molar-refractivity contribution is 0.202. The van der Waals surface area contributed by atoms with Gasteiger partial charge in [-0.1, -0.05) is 18.2 Å². The highest BCUT2D eigenvalue weighted by molar-refractivity contribution is 7.86. The highest BCUT2D eigenvalue weighted by Crippen LogP contribution is 2.43. The second-order valence-corrected chi connectivity index (χ2v) is 12.8. The van der Waals surface area contributed by atoms with Crippen molar-refractivity contribution in [3.05, 3.63) is 96.6 Å². The number of fused-ring (bicyclic) bond motifs is 1. The number of phenols is 1. The number of aliphatic hydroxyl groups excluding tert-OH is 1. The van der Waals surface area contributed by atoms with Crippen molar-refractivity contribution in [1.29, 1.82) is 0 Å². The SMILES string of the molecule is Cc1cc(/N=N/c2c(S(=O)(=O)O)cc3cc(Nc4ccccc4)ccc3c2O)c(OCCO)cc1/N=N/c1ccc(S(=O)(=O)O)cc1. The van der Waals surface area contributed by atoms with E-state index in [1.807, 2.05) is 30.3 Å². The van der Waals surface area contributed by atoms with Crippen molar-refractivity contribution in [1.82, 2.24) is 0 Å². The van der Waals surface area contributed by atoms with Crippen molar-refractivity contribution < 1.29 is 40.9 Å². The van der Waals surface area contributed by atoms with Crippen LogP contribution in [0, 0.1) is 6.92 Å². The summed E-state index contributed by atoms with van der Waals surface area (Å²) in [7, 11) is -9.25. The standard InChI is InChI=1S/C31H27N5O9S2/c1-19-15-27(28(45-14-13-37)18-26(19)34-33-22-7-10-24(11-8-22)46(39,40)41)35-36-30-29(47(42,43)44)17-20-16-23(9-12-25(20)31(30)38)32-21-5-3-2-4-6-21/h2-12,15-18,32,37-38H,13-14H2,1H3,(H,39,40,41)(H,42,43,44)/b34-33+,36-35+. The summed E-state index contributed by atoms with van der Waals surface area (Å²) in [5.41, 5.74) is 2.07. The maximum atomic E-state index is 12.4. The Morgan fingerprint density at radius 3 is 2.11 bits per heavy atom. The average molecular weight is 678 g/mol. The molecule has 0 aliphatic rings. The molecule has 47 heavy (non-hydrogen) atoms. The Bertz CT molecular complexity index is 2230. The molecule has 0 atom stereocenters. The lowest BCUT2D eigenvalue weighted by atomic mass is 10.1. The van der Waals surface area contributed by atoms with E-state index in [2.05, 4.69) is 25.8 Å². The van der Waals surface area contributed by atoms with Gasteiger partial charge in [-0.05, 0) is 84.6 Å². The largest absolute Gasteiger partial charge is 0.505 e. The third-order valence-corrected chi connectivity index (χ3v) is 8.42. The Hall–Kier alpha value is -5.26. The molecule has 5 rings (SSSR count).